The number of nitrogens with zero attached hydrogens (tertiary/aromatic N) is 2. The minimum Gasteiger partial charge on any atom is -0.367 e. The lowest BCUT2D eigenvalue weighted by Crippen LogP contribution is -2.50. The van der Waals surface area contributed by atoms with Crippen molar-refractivity contribution in [2.75, 3.05) is 19.7 Å². The molecular formula is C15H21N3O2S. The van der Waals surface area contributed by atoms with Gasteiger partial charge in [0.25, 0.3) is 0 Å². The highest BCUT2D eigenvalue weighted by atomic mass is 32.1. The third kappa shape index (κ3) is 2.29. The van der Waals surface area contributed by atoms with Crippen LogP contribution in [0, 0.1) is 17.8 Å². The molecule has 2 heterocycles. The standard InChI is InChI=1S/C15H21N3O2S/c16-13-10-2-1-9(7-10)12(13)15(19)18-4-5-20-11(8-18)14-17-3-6-21-14/h3,6,9-13H,1-2,4-5,7-8,16H2. The van der Waals surface area contributed by atoms with Crippen LogP contribution in [0.15, 0.2) is 11.6 Å². The summed E-state index contributed by atoms with van der Waals surface area (Å²) < 4.78 is 5.78. The normalized spacial score (nSPS) is 38.9. The number of ether oxygens (including phenoxy) is 1. The Bertz CT molecular complexity index is 519. The number of hydrogen-bond donors (Lipinski definition) is 1. The summed E-state index contributed by atoms with van der Waals surface area (Å²) in [6.45, 7) is 1.89. The van der Waals surface area contributed by atoms with E-state index in [-0.39, 0.29) is 24.0 Å². The summed E-state index contributed by atoms with van der Waals surface area (Å²) in [5, 5.41) is 2.91. The van der Waals surface area contributed by atoms with Crippen molar-refractivity contribution in [3.8, 4) is 0 Å². The summed E-state index contributed by atoms with van der Waals surface area (Å²) >= 11 is 1.59. The van der Waals surface area contributed by atoms with Gasteiger partial charge in [-0.1, -0.05) is 0 Å². The second kappa shape index (κ2) is 5.34. The lowest BCUT2D eigenvalue weighted by atomic mass is 9.84. The molecule has 1 aromatic rings. The van der Waals surface area contributed by atoms with Gasteiger partial charge in [-0.3, -0.25) is 4.79 Å². The number of carbonyl (C=O) groups is 1. The third-order valence-corrected chi connectivity index (χ3v) is 6.24. The maximum absolute atomic E-state index is 12.9. The number of morpholine rings is 1. The first-order valence-corrected chi connectivity index (χ1v) is 8.67. The molecule has 0 aromatic carbocycles. The predicted molar refractivity (Wildman–Crippen MR) is 79.7 cm³/mol. The van der Waals surface area contributed by atoms with Crippen LogP contribution < -0.4 is 5.73 Å². The van der Waals surface area contributed by atoms with Crippen molar-refractivity contribution in [1.82, 2.24) is 9.88 Å². The molecule has 5 atom stereocenters. The van der Waals surface area contributed by atoms with E-state index in [0.29, 0.717) is 31.5 Å². The molecule has 2 aliphatic carbocycles. The molecule has 114 valence electrons. The molecule has 2 bridgehead atoms. The van der Waals surface area contributed by atoms with Crippen LogP contribution in [0.5, 0.6) is 0 Å². The topological polar surface area (TPSA) is 68.5 Å². The molecule has 5 unspecified atom stereocenters. The minimum atomic E-state index is -0.0717. The van der Waals surface area contributed by atoms with Gasteiger partial charge in [-0.15, -0.1) is 11.3 Å². The molecule has 1 saturated heterocycles. The van der Waals surface area contributed by atoms with Crippen molar-refractivity contribution in [3.63, 3.8) is 0 Å². The third-order valence-electron chi connectivity index (χ3n) is 5.37. The van der Waals surface area contributed by atoms with Crippen molar-refractivity contribution in [3.05, 3.63) is 16.6 Å². The molecule has 6 heteroatoms. The Morgan fingerprint density at radius 3 is 3.00 bits per heavy atom. The second-order valence-corrected chi connectivity index (χ2v) is 7.38. The van der Waals surface area contributed by atoms with Crippen molar-refractivity contribution in [2.24, 2.45) is 23.5 Å². The first kappa shape index (κ1) is 13.7. The summed E-state index contributed by atoms with van der Waals surface area (Å²) in [4.78, 5) is 19.2. The summed E-state index contributed by atoms with van der Waals surface area (Å²) in [6.07, 6.45) is 5.25. The van der Waals surface area contributed by atoms with E-state index in [2.05, 4.69) is 4.98 Å². The number of carbonyl (C=O) groups excluding carboxylic acids is 1. The number of nitrogens with two attached hydrogens (primary N) is 1. The molecule has 2 N–H and O–H groups in total. The van der Waals surface area contributed by atoms with E-state index < -0.39 is 0 Å². The molecule has 3 aliphatic rings. The fourth-order valence-corrected chi connectivity index (χ4v) is 4.98. The van der Waals surface area contributed by atoms with Gasteiger partial charge in [0.2, 0.25) is 5.91 Å². The second-order valence-electron chi connectivity index (χ2n) is 6.45. The van der Waals surface area contributed by atoms with Crippen LogP contribution in [0.1, 0.15) is 30.4 Å². The maximum Gasteiger partial charge on any atom is 0.227 e. The lowest BCUT2D eigenvalue weighted by molar-refractivity contribution is -0.145. The lowest BCUT2D eigenvalue weighted by Gasteiger charge is -2.37. The molecule has 0 spiro atoms. The van der Waals surface area contributed by atoms with Gasteiger partial charge in [-0.05, 0) is 31.1 Å². The molecule has 0 radical (unpaired) electrons. The zero-order chi connectivity index (χ0) is 14.4. The van der Waals surface area contributed by atoms with E-state index in [1.54, 1.807) is 17.5 Å². The minimum absolute atomic E-state index is 0.0406. The SMILES string of the molecule is NC1C2CCC(C2)C1C(=O)N1CCOC(c2nccs2)C1. The smallest absolute Gasteiger partial charge is 0.227 e. The largest absolute Gasteiger partial charge is 0.367 e. The number of thiazole rings is 1. The Morgan fingerprint density at radius 1 is 1.43 bits per heavy atom. The number of aromatic nitrogens is 1. The van der Waals surface area contributed by atoms with E-state index in [0.717, 1.165) is 11.4 Å². The first-order valence-electron chi connectivity index (χ1n) is 7.79. The Kier molecular flexibility index (Phi) is 3.47. The molecule has 5 nitrogen and oxygen atoms in total. The highest BCUT2D eigenvalue weighted by Crippen LogP contribution is 2.48. The van der Waals surface area contributed by atoms with Crippen molar-refractivity contribution < 1.29 is 9.53 Å². The number of hydrogen-bond acceptors (Lipinski definition) is 5. The Balaban J connectivity index is 1.47. The summed E-state index contributed by atoms with van der Waals surface area (Å²) in [5.74, 6) is 1.37. The van der Waals surface area contributed by atoms with Crippen LogP contribution in [-0.2, 0) is 9.53 Å². The summed E-state index contributed by atoms with van der Waals surface area (Å²) in [7, 11) is 0. The molecule has 21 heavy (non-hydrogen) atoms. The van der Waals surface area contributed by atoms with E-state index in [4.69, 9.17) is 10.5 Å². The average Bonchev–Trinajstić information content (AvgIpc) is 3.24. The molecular weight excluding hydrogens is 286 g/mol. The van der Waals surface area contributed by atoms with Gasteiger partial charge in [0.1, 0.15) is 11.1 Å². The monoisotopic (exact) mass is 307 g/mol. The van der Waals surface area contributed by atoms with Crippen molar-refractivity contribution >= 4 is 17.2 Å². The van der Waals surface area contributed by atoms with Crippen LogP contribution in [0.3, 0.4) is 0 Å². The predicted octanol–water partition coefficient (Wildman–Crippen LogP) is 1.42. The fourth-order valence-electron chi connectivity index (χ4n) is 4.31. The van der Waals surface area contributed by atoms with E-state index in [1.807, 2.05) is 10.3 Å². The van der Waals surface area contributed by atoms with Crippen molar-refractivity contribution in [1.29, 1.82) is 0 Å². The van der Waals surface area contributed by atoms with E-state index in [1.165, 1.54) is 12.8 Å². The number of amides is 1. The first-order chi connectivity index (χ1) is 10.2. The van der Waals surface area contributed by atoms with Gasteiger partial charge in [0, 0.05) is 24.2 Å². The number of rotatable bonds is 2. The van der Waals surface area contributed by atoms with Crippen LogP contribution in [0.25, 0.3) is 0 Å². The van der Waals surface area contributed by atoms with Gasteiger partial charge in [-0.25, -0.2) is 4.98 Å². The van der Waals surface area contributed by atoms with Gasteiger partial charge in [0.05, 0.1) is 19.1 Å². The fraction of sp³-hybridized carbons (Fsp3) is 0.733. The van der Waals surface area contributed by atoms with Gasteiger partial charge < -0.3 is 15.4 Å². The Hall–Kier alpha value is -0.980. The van der Waals surface area contributed by atoms with Crippen molar-refractivity contribution in [2.45, 2.75) is 31.4 Å². The summed E-state index contributed by atoms with van der Waals surface area (Å²) in [5.41, 5.74) is 6.31. The van der Waals surface area contributed by atoms with Crippen LogP contribution in [0.2, 0.25) is 0 Å². The van der Waals surface area contributed by atoms with Gasteiger partial charge in [-0.2, -0.15) is 0 Å². The Morgan fingerprint density at radius 2 is 2.29 bits per heavy atom. The molecule has 1 aliphatic heterocycles. The molecule has 1 aromatic heterocycles. The van der Waals surface area contributed by atoms with Crippen LogP contribution in [-0.4, -0.2) is 41.5 Å². The molecule has 3 fully saturated rings. The molecule has 1 amide bonds. The van der Waals surface area contributed by atoms with Gasteiger partial charge >= 0.3 is 0 Å². The van der Waals surface area contributed by atoms with Crippen LogP contribution >= 0.6 is 11.3 Å². The van der Waals surface area contributed by atoms with Crippen LogP contribution in [0.4, 0.5) is 0 Å². The zero-order valence-corrected chi connectivity index (χ0v) is 12.8. The van der Waals surface area contributed by atoms with E-state index in [9.17, 15) is 4.79 Å². The van der Waals surface area contributed by atoms with E-state index >= 15 is 0 Å². The Labute approximate surface area is 128 Å². The summed E-state index contributed by atoms with van der Waals surface area (Å²) in [6, 6.07) is 0.0670. The number of fused-ring (bicyclic) bond motifs is 2. The highest BCUT2D eigenvalue weighted by Gasteiger charge is 2.50. The highest BCUT2D eigenvalue weighted by molar-refractivity contribution is 7.09. The molecule has 4 rings (SSSR count). The quantitative estimate of drug-likeness (QED) is 0.897. The maximum atomic E-state index is 12.9. The van der Waals surface area contributed by atoms with Gasteiger partial charge in [0.15, 0.2) is 0 Å². The molecule has 2 saturated carbocycles. The zero-order valence-electron chi connectivity index (χ0n) is 12.0. The average molecular weight is 307 g/mol.